The highest BCUT2D eigenvalue weighted by molar-refractivity contribution is 5.74. The quantitative estimate of drug-likeness (QED) is 0.334. The summed E-state index contributed by atoms with van der Waals surface area (Å²) in [6.07, 6.45) is 10.7. The molecule has 5 heteroatoms. The summed E-state index contributed by atoms with van der Waals surface area (Å²) in [6.45, 7) is 11.9. The number of carbonyl (C=O) groups is 1. The van der Waals surface area contributed by atoms with E-state index in [1.165, 1.54) is 16.7 Å². The maximum absolute atomic E-state index is 12.3. The van der Waals surface area contributed by atoms with Gasteiger partial charge in [-0.05, 0) is 74.3 Å². The van der Waals surface area contributed by atoms with Crippen molar-refractivity contribution < 1.29 is 24.5 Å². The number of fused-ring (bicyclic) bond motifs is 4. The molecule has 4 fully saturated rings. The SMILES string of the molecule is C=CCCC1(O)CCC2C3CCC4(O)CC5(CCC4=C3C(c3ccc(C=O)cc3)CC21C)OCC(C)(C)CO5. The lowest BCUT2D eigenvalue weighted by atomic mass is 9.49. The number of carbonyl (C=O) groups excluding carboxylic acids is 1. The fourth-order valence-electron chi connectivity index (χ4n) is 9.20. The second-order valence-electron chi connectivity index (χ2n) is 14.4. The molecule has 0 radical (unpaired) electrons. The Morgan fingerprint density at radius 3 is 2.41 bits per heavy atom. The zero-order valence-electron chi connectivity index (χ0n) is 24.0. The van der Waals surface area contributed by atoms with Gasteiger partial charge in [0.05, 0.1) is 24.4 Å². The Morgan fingerprint density at radius 2 is 1.74 bits per heavy atom. The van der Waals surface area contributed by atoms with Crippen molar-refractivity contribution in [3.63, 3.8) is 0 Å². The zero-order chi connectivity index (χ0) is 27.7. The van der Waals surface area contributed by atoms with Crippen molar-refractivity contribution in [2.45, 2.75) is 108 Å². The minimum atomic E-state index is -0.932. The highest BCUT2D eigenvalue weighted by Gasteiger charge is 2.64. The Balaban J connectivity index is 1.42. The highest BCUT2D eigenvalue weighted by Crippen LogP contribution is 2.68. The van der Waals surface area contributed by atoms with Crippen molar-refractivity contribution in [2.75, 3.05) is 13.2 Å². The molecular formula is C34H46O5. The Morgan fingerprint density at radius 1 is 1.03 bits per heavy atom. The van der Waals surface area contributed by atoms with Crippen molar-refractivity contribution >= 4 is 6.29 Å². The van der Waals surface area contributed by atoms with Crippen molar-refractivity contribution in [3.05, 3.63) is 59.2 Å². The molecule has 0 aromatic heterocycles. The number of rotatable bonds is 5. The van der Waals surface area contributed by atoms with E-state index in [1.807, 2.05) is 18.2 Å². The van der Waals surface area contributed by atoms with E-state index < -0.39 is 17.0 Å². The molecule has 1 aromatic carbocycles. The highest BCUT2D eigenvalue weighted by atomic mass is 16.7. The smallest absolute Gasteiger partial charge is 0.171 e. The van der Waals surface area contributed by atoms with Gasteiger partial charge in [0.25, 0.3) is 0 Å². The molecule has 1 spiro atoms. The molecule has 5 nitrogen and oxygen atoms in total. The van der Waals surface area contributed by atoms with Crippen LogP contribution in [0.2, 0.25) is 0 Å². The molecule has 1 heterocycles. The Labute approximate surface area is 233 Å². The molecule has 0 bridgehead atoms. The first-order chi connectivity index (χ1) is 18.5. The fourth-order valence-corrected chi connectivity index (χ4v) is 9.20. The van der Waals surface area contributed by atoms with Crippen molar-refractivity contribution in [3.8, 4) is 0 Å². The van der Waals surface area contributed by atoms with E-state index in [9.17, 15) is 15.0 Å². The summed E-state index contributed by atoms with van der Waals surface area (Å²) in [5, 5.41) is 24.4. The van der Waals surface area contributed by atoms with Crippen molar-refractivity contribution in [1.82, 2.24) is 0 Å². The monoisotopic (exact) mass is 534 g/mol. The van der Waals surface area contributed by atoms with Crippen LogP contribution in [0.3, 0.4) is 0 Å². The minimum Gasteiger partial charge on any atom is -0.389 e. The summed E-state index contributed by atoms with van der Waals surface area (Å²) in [5.41, 5.74) is 2.58. The number of aldehydes is 1. The van der Waals surface area contributed by atoms with Gasteiger partial charge in [0, 0.05) is 35.2 Å². The molecule has 1 saturated heterocycles. The molecule has 212 valence electrons. The van der Waals surface area contributed by atoms with Gasteiger partial charge >= 0.3 is 0 Å². The van der Waals surface area contributed by atoms with E-state index in [0.29, 0.717) is 43.5 Å². The predicted octanol–water partition coefficient (Wildman–Crippen LogP) is 6.49. The summed E-state index contributed by atoms with van der Waals surface area (Å²) >= 11 is 0. The Kier molecular flexibility index (Phi) is 6.58. The van der Waals surface area contributed by atoms with Crippen LogP contribution in [0.15, 0.2) is 48.1 Å². The third-order valence-electron chi connectivity index (χ3n) is 11.4. The number of hydrogen-bond acceptors (Lipinski definition) is 5. The lowest BCUT2D eigenvalue weighted by molar-refractivity contribution is -0.322. The van der Waals surface area contributed by atoms with Crippen LogP contribution in [-0.4, -0.2) is 46.7 Å². The van der Waals surface area contributed by atoms with E-state index in [-0.39, 0.29) is 16.7 Å². The third-order valence-corrected chi connectivity index (χ3v) is 11.4. The number of hydrogen-bond donors (Lipinski definition) is 2. The lowest BCUT2D eigenvalue weighted by Gasteiger charge is -2.58. The van der Waals surface area contributed by atoms with Crippen LogP contribution in [0.25, 0.3) is 0 Å². The molecule has 0 amide bonds. The average Bonchev–Trinajstić information content (AvgIpc) is 3.18. The second-order valence-corrected chi connectivity index (χ2v) is 14.4. The van der Waals surface area contributed by atoms with E-state index >= 15 is 0 Å². The predicted molar refractivity (Wildman–Crippen MR) is 151 cm³/mol. The molecule has 4 aliphatic carbocycles. The summed E-state index contributed by atoms with van der Waals surface area (Å²) in [6, 6.07) is 8.00. The van der Waals surface area contributed by atoms with E-state index in [2.05, 4.69) is 39.5 Å². The second kappa shape index (κ2) is 9.37. The van der Waals surface area contributed by atoms with E-state index in [4.69, 9.17) is 9.47 Å². The van der Waals surface area contributed by atoms with E-state index in [1.54, 1.807) is 0 Å². The standard InChI is InChI=1S/C34H46O5/c1-5-6-14-33(37)16-12-27-25-11-15-32(36)20-34(38-21-30(2,3)22-39-34)17-13-28(32)29(25)26(18-31(27,33)4)24-9-7-23(19-35)8-10-24/h5,7-10,19,25-27,36-37H,1,6,11-18,20-22H2,2-4H3. The van der Waals surface area contributed by atoms with E-state index in [0.717, 1.165) is 57.7 Å². The number of aliphatic hydroxyl groups is 2. The Hall–Kier alpha value is -1.79. The van der Waals surface area contributed by atoms with Gasteiger partial charge < -0.3 is 19.7 Å². The first-order valence-electron chi connectivity index (χ1n) is 15.1. The summed E-state index contributed by atoms with van der Waals surface area (Å²) in [4.78, 5) is 11.4. The van der Waals surface area contributed by atoms with Crippen LogP contribution in [0.5, 0.6) is 0 Å². The molecule has 6 atom stereocenters. The maximum Gasteiger partial charge on any atom is 0.171 e. The van der Waals surface area contributed by atoms with Gasteiger partial charge in [0.15, 0.2) is 5.79 Å². The van der Waals surface area contributed by atoms with Crippen molar-refractivity contribution in [2.24, 2.45) is 22.7 Å². The van der Waals surface area contributed by atoms with Gasteiger partial charge in [0.1, 0.15) is 6.29 Å². The fraction of sp³-hybridized carbons (Fsp3) is 0.676. The first kappa shape index (κ1) is 27.4. The molecule has 5 aliphatic rings. The number of allylic oxidation sites excluding steroid dienone is 2. The van der Waals surface area contributed by atoms with Crippen LogP contribution >= 0.6 is 0 Å². The van der Waals surface area contributed by atoms with Gasteiger partial charge in [-0.3, -0.25) is 4.79 Å². The van der Waals surface area contributed by atoms with Crippen LogP contribution in [0.1, 0.15) is 107 Å². The molecule has 6 rings (SSSR count). The van der Waals surface area contributed by atoms with Gasteiger partial charge in [-0.25, -0.2) is 0 Å². The van der Waals surface area contributed by atoms with Crippen LogP contribution < -0.4 is 0 Å². The topological polar surface area (TPSA) is 76.0 Å². The third kappa shape index (κ3) is 4.31. The van der Waals surface area contributed by atoms with Gasteiger partial charge in [-0.15, -0.1) is 6.58 Å². The van der Waals surface area contributed by atoms with Crippen LogP contribution in [0.4, 0.5) is 0 Å². The normalized spacial score (nSPS) is 40.5. The molecule has 39 heavy (non-hydrogen) atoms. The summed E-state index contributed by atoms with van der Waals surface area (Å²) in [5.74, 6) is 0.134. The molecule has 2 N–H and O–H groups in total. The molecule has 6 unspecified atom stereocenters. The molecule has 3 saturated carbocycles. The maximum atomic E-state index is 12.3. The van der Waals surface area contributed by atoms with Crippen LogP contribution in [-0.2, 0) is 9.47 Å². The molecule has 1 aliphatic heterocycles. The summed E-state index contributed by atoms with van der Waals surface area (Å²) in [7, 11) is 0. The molecule has 1 aromatic rings. The van der Waals surface area contributed by atoms with Crippen molar-refractivity contribution in [1.29, 1.82) is 0 Å². The molecular weight excluding hydrogens is 488 g/mol. The summed E-state index contributed by atoms with van der Waals surface area (Å²) < 4.78 is 12.8. The Bertz CT molecular complexity index is 1160. The number of benzene rings is 1. The van der Waals surface area contributed by atoms with Gasteiger partial charge in [0.2, 0.25) is 0 Å². The lowest BCUT2D eigenvalue weighted by Crippen LogP contribution is -2.58. The average molecular weight is 535 g/mol. The van der Waals surface area contributed by atoms with Gasteiger partial charge in [-0.1, -0.05) is 56.7 Å². The first-order valence-corrected chi connectivity index (χ1v) is 15.1. The minimum absolute atomic E-state index is 0.0122. The van der Waals surface area contributed by atoms with Gasteiger partial charge in [-0.2, -0.15) is 0 Å². The largest absolute Gasteiger partial charge is 0.389 e. The zero-order valence-corrected chi connectivity index (χ0v) is 24.0. The number of ether oxygens (including phenoxy) is 2. The van der Waals surface area contributed by atoms with Crippen LogP contribution in [0, 0.1) is 22.7 Å².